The number of hydrogen-bond donors (Lipinski definition) is 1. The molecule has 174 valence electrons. The summed E-state index contributed by atoms with van der Waals surface area (Å²) in [6.07, 6.45) is -2.15. The molecule has 9 nitrogen and oxygen atoms in total. The van der Waals surface area contributed by atoms with Crippen LogP contribution < -0.4 is 10.1 Å². The zero-order chi connectivity index (χ0) is 24.3. The number of pyridine rings is 1. The van der Waals surface area contributed by atoms with Gasteiger partial charge in [-0.15, -0.1) is 10.2 Å². The van der Waals surface area contributed by atoms with Crippen molar-refractivity contribution in [2.45, 2.75) is 26.1 Å². The molecule has 12 heteroatoms. The molecule has 4 aromatic rings. The molecule has 4 rings (SSSR count). The van der Waals surface area contributed by atoms with Gasteiger partial charge in [0.2, 0.25) is 11.7 Å². The highest BCUT2D eigenvalue weighted by Gasteiger charge is 2.34. The maximum Gasteiger partial charge on any atom is 0.451 e. The first kappa shape index (κ1) is 22.8. The van der Waals surface area contributed by atoms with E-state index in [1.165, 1.54) is 30.3 Å². The summed E-state index contributed by atoms with van der Waals surface area (Å²) >= 11 is 0. The van der Waals surface area contributed by atoms with Crippen molar-refractivity contribution < 1.29 is 22.7 Å². The van der Waals surface area contributed by atoms with E-state index in [-0.39, 0.29) is 29.1 Å². The van der Waals surface area contributed by atoms with Crippen molar-refractivity contribution in [3.8, 4) is 23.1 Å². The minimum absolute atomic E-state index is 0.120. The largest absolute Gasteiger partial charge is 0.451 e. The summed E-state index contributed by atoms with van der Waals surface area (Å²) in [4.78, 5) is 23.7. The predicted molar refractivity (Wildman–Crippen MR) is 115 cm³/mol. The molecule has 0 saturated heterocycles. The first-order chi connectivity index (χ1) is 16.2. The fourth-order valence-electron chi connectivity index (χ4n) is 2.98. The van der Waals surface area contributed by atoms with Crippen LogP contribution in [-0.2, 0) is 6.18 Å². The van der Waals surface area contributed by atoms with E-state index in [1.807, 2.05) is 18.4 Å². The van der Waals surface area contributed by atoms with Crippen LogP contribution in [0.4, 0.5) is 19.0 Å². The molecule has 34 heavy (non-hydrogen) atoms. The number of nitrogens with one attached hydrogen (secondary N) is 1. The SMILES string of the molecule is CC(C)n1cnnc1-c1cccc(NC(=O)c2cccc(Oc3ccnc(C(F)(F)F)n3)c2)n1. The van der Waals surface area contributed by atoms with Gasteiger partial charge in [0, 0.05) is 23.9 Å². The summed E-state index contributed by atoms with van der Waals surface area (Å²) in [5.74, 6) is -1.13. The number of alkyl halides is 3. The van der Waals surface area contributed by atoms with Crippen molar-refractivity contribution in [3.63, 3.8) is 0 Å². The van der Waals surface area contributed by atoms with E-state index in [2.05, 4.69) is 30.5 Å². The molecule has 0 spiro atoms. The standard InChI is InChI=1S/C22H18F3N7O2/c1-13(2)32-12-27-31-19(32)16-7-4-8-17(28-16)29-20(33)14-5-3-6-15(11-14)34-18-9-10-26-21(30-18)22(23,24)25/h3-13H,1-2H3,(H,28,29,33). The lowest BCUT2D eigenvalue weighted by Gasteiger charge is -2.11. The second kappa shape index (κ2) is 9.25. The first-order valence-electron chi connectivity index (χ1n) is 10.1. The summed E-state index contributed by atoms with van der Waals surface area (Å²) in [5, 5.41) is 10.7. The number of amides is 1. The molecule has 3 heterocycles. The van der Waals surface area contributed by atoms with Crippen molar-refractivity contribution >= 4 is 11.7 Å². The second-order valence-electron chi connectivity index (χ2n) is 7.36. The number of carbonyl (C=O) groups is 1. The van der Waals surface area contributed by atoms with Gasteiger partial charge in [0.15, 0.2) is 5.82 Å². The molecule has 0 unspecified atom stereocenters. The Hall–Kier alpha value is -4.35. The Morgan fingerprint density at radius 2 is 1.88 bits per heavy atom. The average molecular weight is 469 g/mol. The number of anilines is 1. The molecule has 0 fully saturated rings. The maximum atomic E-state index is 12.8. The Morgan fingerprint density at radius 3 is 2.65 bits per heavy atom. The Labute approximate surface area is 191 Å². The third-order valence-electron chi connectivity index (χ3n) is 4.55. The Kier molecular flexibility index (Phi) is 6.21. The molecular weight excluding hydrogens is 451 g/mol. The number of nitrogens with zero attached hydrogens (tertiary/aromatic N) is 6. The minimum atomic E-state index is -4.70. The third kappa shape index (κ3) is 5.17. The Bertz CT molecular complexity index is 1320. The van der Waals surface area contributed by atoms with Crippen LogP contribution in [0.2, 0.25) is 0 Å². The quantitative estimate of drug-likeness (QED) is 0.433. The molecule has 1 N–H and O–H groups in total. The fraction of sp³-hybridized carbons (Fsp3) is 0.182. The van der Waals surface area contributed by atoms with E-state index < -0.39 is 17.9 Å². The van der Waals surface area contributed by atoms with Crippen molar-refractivity contribution in [1.82, 2.24) is 29.7 Å². The number of aromatic nitrogens is 6. The van der Waals surface area contributed by atoms with E-state index in [0.29, 0.717) is 11.5 Å². The van der Waals surface area contributed by atoms with Gasteiger partial charge in [-0.05, 0) is 44.2 Å². The van der Waals surface area contributed by atoms with E-state index in [1.54, 1.807) is 24.5 Å². The van der Waals surface area contributed by atoms with Gasteiger partial charge >= 0.3 is 6.18 Å². The number of rotatable bonds is 6. The van der Waals surface area contributed by atoms with Gasteiger partial charge in [-0.2, -0.15) is 18.2 Å². The molecule has 3 aromatic heterocycles. The van der Waals surface area contributed by atoms with Crippen molar-refractivity contribution in [2.75, 3.05) is 5.32 Å². The zero-order valence-corrected chi connectivity index (χ0v) is 18.0. The van der Waals surface area contributed by atoms with Crippen LogP contribution in [-0.4, -0.2) is 35.6 Å². The Balaban J connectivity index is 1.51. The highest BCUT2D eigenvalue weighted by Crippen LogP contribution is 2.28. The van der Waals surface area contributed by atoms with Crippen LogP contribution >= 0.6 is 0 Å². The van der Waals surface area contributed by atoms with Gasteiger partial charge in [-0.25, -0.2) is 9.97 Å². The van der Waals surface area contributed by atoms with Crippen molar-refractivity contribution in [3.05, 3.63) is 72.4 Å². The van der Waals surface area contributed by atoms with Crippen LogP contribution in [0, 0.1) is 0 Å². The highest BCUT2D eigenvalue weighted by molar-refractivity contribution is 6.04. The summed E-state index contributed by atoms with van der Waals surface area (Å²) in [6, 6.07) is 12.3. The van der Waals surface area contributed by atoms with Crippen LogP contribution in [0.3, 0.4) is 0 Å². The molecule has 0 aliphatic heterocycles. The van der Waals surface area contributed by atoms with Crippen LogP contribution in [0.5, 0.6) is 11.6 Å². The summed E-state index contributed by atoms with van der Waals surface area (Å²) in [6.45, 7) is 3.97. The van der Waals surface area contributed by atoms with Crippen LogP contribution in [0.25, 0.3) is 11.5 Å². The summed E-state index contributed by atoms with van der Waals surface area (Å²) < 4.78 is 45.7. The van der Waals surface area contributed by atoms with Gasteiger partial charge in [0.25, 0.3) is 5.91 Å². The van der Waals surface area contributed by atoms with Gasteiger partial charge in [-0.3, -0.25) is 4.79 Å². The number of carbonyl (C=O) groups excluding carboxylic acids is 1. The van der Waals surface area contributed by atoms with E-state index in [9.17, 15) is 18.0 Å². The van der Waals surface area contributed by atoms with Crippen LogP contribution in [0.1, 0.15) is 36.1 Å². The molecule has 0 radical (unpaired) electrons. The van der Waals surface area contributed by atoms with Gasteiger partial charge in [-0.1, -0.05) is 12.1 Å². The lowest BCUT2D eigenvalue weighted by atomic mass is 10.2. The first-order valence-corrected chi connectivity index (χ1v) is 10.1. The second-order valence-corrected chi connectivity index (χ2v) is 7.36. The molecule has 0 saturated carbocycles. The molecule has 0 aliphatic rings. The molecule has 0 bridgehead atoms. The molecule has 1 amide bonds. The van der Waals surface area contributed by atoms with Crippen molar-refractivity contribution in [1.29, 1.82) is 0 Å². The van der Waals surface area contributed by atoms with E-state index >= 15 is 0 Å². The van der Waals surface area contributed by atoms with E-state index in [0.717, 1.165) is 6.20 Å². The lowest BCUT2D eigenvalue weighted by molar-refractivity contribution is -0.145. The van der Waals surface area contributed by atoms with Gasteiger partial charge < -0.3 is 14.6 Å². The van der Waals surface area contributed by atoms with E-state index in [4.69, 9.17) is 4.74 Å². The average Bonchev–Trinajstić information content (AvgIpc) is 3.30. The molecule has 1 aromatic carbocycles. The lowest BCUT2D eigenvalue weighted by Crippen LogP contribution is -2.13. The zero-order valence-electron chi connectivity index (χ0n) is 18.0. The fourth-order valence-corrected chi connectivity index (χ4v) is 2.98. The minimum Gasteiger partial charge on any atom is -0.439 e. The number of hydrogen-bond acceptors (Lipinski definition) is 7. The predicted octanol–water partition coefficient (Wildman–Crippen LogP) is 4.77. The summed E-state index contributed by atoms with van der Waals surface area (Å²) in [7, 11) is 0. The number of halogens is 3. The summed E-state index contributed by atoms with van der Waals surface area (Å²) in [5.41, 5.74) is 0.741. The van der Waals surface area contributed by atoms with Crippen LogP contribution in [0.15, 0.2) is 61.1 Å². The normalized spacial score (nSPS) is 11.5. The Morgan fingerprint density at radius 1 is 1.09 bits per heavy atom. The molecular formula is C22H18F3N7O2. The third-order valence-corrected chi connectivity index (χ3v) is 4.55. The smallest absolute Gasteiger partial charge is 0.439 e. The number of benzene rings is 1. The molecule has 0 aliphatic carbocycles. The topological polar surface area (TPSA) is 108 Å². The molecule has 0 atom stereocenters. The number of ether oxygens (including phenoxy) is 1. The van der Waals surface area contributed by atoms with Gasteiger partial charge in [0.05, 0.1) is 0 Å². The monoisotopic (exact) mass is 469 g/mol. The van der Waals surface area contributed by atoms with Gasteiger partial charge in [0.1, 0.15) is 23.6 Å². The maximum absolute atomic E-state index is 12.8. The highest BCUT2D eigenvalue weighted by atomic mass is 19.4. The van der Waals surface area contributed by atoms with Crippen molar-refractivity contribution in [2.24, 2.45) is 0 Å².